The first kappa shape index (κ1) is 22.9. The van der Waals surface area contributed by atoms with Crippen molar-refractivity contribution in [2.75, 3.05) is 13.1 Å². The van der Waals surface area contributed by atoms with Crippen LogP contribution >= 0.6 is 39.9 Å². The van der Waals surface area contributed by atoms with E-state index in [0.717, 1.165) is 40.9 Å². The van der Waals surface area contributed by atoms with Gasteiger partial charge >= 0.3 is 0 Å². The van der Waals surface area contributed by atoms with Gasteiger partial charge < -0.3 is 15.2 Å². The molecule has 0 saturated carbocycles. The largest absolute Gasteiger partial charge is 0.359 e. The van der Waals surface area contributed by atoms with E-state index in [1.165, 1.54) is 6.07 Å². The number of aromatic nitrogens is 1. The molecule has 26 heavy (non-hydrogen) atoms. The zero-order valence-electron chi connectivity index (χ0n) is 15.0. The van der Waals surface area contributed by atoms with E-state index < -0.39 is 0 Å². The number of hydrogen-bond donors (Lipinski definition) is 2. The highest BCUT2D eigenvalue weighted by molar-refractivity contribution is 14.0. The Bertz CT molecular complexity index is 708. The normalized spacial score (nSPS) is 11.2. The molecule has 0 bridgehead atoms. The molecule has 2 N–H and O–H groups in total. The van der Waals surface area contributed by atoms with E-state index >= 15 is 0 Å². The number of halogens is 3. The lowest BCUT2D eigenvalue weighted by Crippen LogP contribution is -2.37. The van der Waals surface area contributed by atoms with Crippen LogP contribution in [0.3, 0.4) is 0 Å². The van der Waals surface area contributed by atoms with Crippen LogP contribution in [0.4, 0.5) is 4.39 Å². The van der Waals surface area contributed by atoms with E-state index in [1.807, 2.05) is 32.0 Å². The fourth-order valence-electron chi connectivity index (χ4n) is 2.31. The number of hydrogen-bond acceptors (Lipinski definition) is 3. The van der Waals surface area contributed by atoms with Gasteiger partial charge in [-0.1, -0.05) is 34.1 Å². The van der Waals surface area contributed by atoms with E-state index in [-0.39, 0.29) is 29.8 Å². The van der Waals surface area contributed by atoms with Crippen molar-refractivity contribution in [2.24, 2.45) is 4.99 Å². The number of aliphatic imine (C=N–C) groups is 1. The Labute approximate surface area is 179 Å². The molecule has 0 radical (unpaired) electrons. The first-order valence-corrected chi connectivity index (χ1v) is 9.32. The molecule has 0 unspecified atom stereocenters. The van der Waals surface area contributed by atoms with Crippen LogP contribution in [0.1, 0.15) is 37.3 Å². The summed E-state index contributed by atoms with van der Waals surface area (Å²) in [5.41, 5.74) is 1.65. The smallest absolute Gasteiger partial charge is 0.191 e. The van der Waals surface area contributed by atoms with Gasteiger partial charge in [-0.3, -0.25) is 0 Å². The molecule has 1 aromatic heterocycles. The Morgan fingerprint density at radius 3 is 2.73 bits per heavy atom. The maximum atomic E-state index is 13.8. The molecule has 2 aromatic rings. The lowest BCUT2D eigenvalue weighted by molar-refractivity contribution is 0.379. The predicted molar refractivity (Wildman–Crippen MR) is 117 cm³/mol. The van der Waals surface area contributed by atoms with Crippen molar-refractivity contribution in [1.29, 1.82) is 0 Å². The third-order valence-corrected chi connectivity index (χ3v) is 4.13. The van der Waals surface area contributed by atoms with Crippen LogP contribution in [0.2, 0.25) is 0 Å². The first-order chi connectivity index (χ1) is 12.1. The Morgan fingerprint density at radius 2 is 2.08 bits per heavy atom. The van der Waals surface area contributed by atoms with Gasteiger partial charge in [0.25, 0.3) is 0 Å². The maximum Gasteiger partial charge on any atom is 0.191 e. The molecular formula is C18H25BrFIN4O. The molecule has 0 spiro atoms. The SMILES string of the molecule is CCNC(=NCc1cc(CC)no1)NCCCc1ccc(Br)cc1F.I. The van der Waals surface area contributed by atoms with Crippen LogP contribution < -0.4 is 10.6 Å². The van der Waals surface area contributed by atoms with Gasteiger partial charge in [0.1, 0.15) is 12.4 Å². The highest BCUT2D eigenvalue weighted by atomic mass is 127. The third-order valence-electron chi connectivity index (χ3n) is 3.64. The minimum atomic E-state index is -0.174. The highest BCUT2D eigenvalue weighted by Crippen LogP contribution is 2.16. The molecule has 0 fully saturated rings. The molecule has 8 heteroatoms. The summed E-state index contributed by atoms with van der Waals surface area (Å²) in [5, 5.41) is 10.4. The van der Waals surface area contributed by atoms with Gasteiger partial charge in [0.15, 0.2) is 11.7 Å². The minimum absolute atomic E-state index is 0. The van der Waals surface area contributed by atoms with Gasteiger partial charge in [-0.15, -0.1) is 24.0 Å². The molecular weight excluding hydrogens is 514 g/mol. The quantitative estimate of drug-likeness (QED) is 0.226. The number of nitrogens with zero attached hydrogens (tertiary/aromatic N) is 2. The van der Waals surface area contributed by atoms with Gasteiger partial charge in [-0.05, 0) is 43.9 Å². The van der Waals surface area contributed by atoms with Crippen molar-refractivity contribution < 1.29 is 8.91 Å². The summed E-state index contributed by atoms with van der Waals surface area (Å²) in [6.07, 6.45) is 2.33. The molecule has 0 atom stereocenters. The van der Waals surface area contributed by atoms with E-state index in [0.29, 0.717) is 25.5 Å². The Hall–Kier alpha value is -1.16. The fraction of sp³-hybridized carbons (Fsp3) is 0.444. The van der Waals surface area contributed by atoms with Gasteiger partial charge in [0.05, 0.1) is 5.69 Å². The lowest BCUT2D eigenvalue weighted by Gasteiger charge is -2.11. The highest BCUT2D eigenvalue weighted by Gasteiger charge is 2.05. The van der Waals surface area contributed by atoms with Crippen LogP contribution in [0.25, 0.3) is 0 Å². The summed E-state index contributed by atoms with van der Waals surface area (Å²) in [5.74, 6) is 1.28. The van der Waals surface area contributed by atoms with Gasteiger partial charge in [0.2, 0.25) is 0 Å². The number of nitrogens with one attached hydrogen (secondary N) is 2. The number of aryl methyl sites for hydroxylation is 2. The van der Waals surface area contributed by atoms with Gasteiger partial charge in [-0.25, -0.2) is 9.38 Å². The van der Waals surface area contributed by atoms with Crippen LogP contribution in [-0.4, -0.2) is 24.2 Å². The summed E-state index contributed by atoms with van der Waals surface area (Å²) < 4.78 is 19.8. The standard InChI is InChI=1S/C18H24BrFN4O.HI/c1-3-15-11-16(25-24-15)12-23-18(21-4-2)22-9-5-6-13-7-8-14(19)10-17(13)20;/h7-8,10-11H,3-6,9,12H2,1-2H3,(H2,21,22,23);1H. The van der Waals surface area contributed by atoms with Crippen molar-refractivity contribution >= 4 is 45.9 Å². The minimum Gasteiger partial charge on any atom is -0.359 e. The summed E-state index contributed by atoms with van der Waals surface area (Å²) in [6, 6.07) is 7.09. The molecule has 0 saturated heterocycles. The van der Waals surface area contributed by atoms with E-state index in [9.17, 15) is 4.39 Å². The van der Waals surface area contributed by atoms with Gasteiger partial charge in [-0.2, -0.15) is 0 Å². The average Bonchev–Trinajstić information content (AvgIpc) is 3.06. The number of rotatable bonds is 8. The van der Waals surface area contributed by atoms with Crippen LogP contribution in [0.15, 0.2) is 38.3 Å². The van der Waals surface area contributed by atoms with Crippen molar-refractivity contribution in [3.8, 4) is 0 Å². The second kappa shape index (κ2) is 12.3. The molecule has 0 amide bonds. The van der Waals surface area contributed by atoms with Crippen molar-refractivity contribution in [2.45, 2.75) is 39.7 Å². The molecule has 144 valence electrons. The number of benzene rings is 1. The molecule has 0 aliphatic rings. The van der Waals surface area contributed by atoms with Gasteiger partial charge in [0, 0.05) is 23.6 Å². The zero-order valence-corrected chi connectivity index (χ0v) is 18.9. The predicted octanol–water partition coefficient (Wildman–Crippen LogP) is 4.44. The Balaban J connectivity index is 0.00000338. The molecule has 1 aromatic carbocycles. The van der Waals surface area contributed by atoms with Crippen LogP contribution in [0, 0.1) is 5.82 Å². The summed E-state index contributed by atoms with van der Waals surface area (Å²) >= 11 is 3.27. The molecule has 0 aliphatic carbocycles. The molecule has 1 heterocycles. The van der Waals surface area contributed by atoms with Crippen molar-refractivity contribution in [3.63, 3.8) is 0 Å². The summed E-state index contributed by atoms with van der Waals surface area (Å²) in [6.45, 7) is 5.95. The molecule has 2 rings (SSSR count). The summed E-state index contributed by atoms with van der Waals surface area (Å²) in [7, 11) is 0. The van der Waals surface area contributed by atoms with Crippen molar-refractivity contribution in [1.82, 2.24) is 15.8 Å². The van der Waals surface area contributed by atoms with Crippen LogP contribution in [-0.2, 0) is 19.4 Å². The third kappa shape index (κ3) is 7.61. The van der Waals surface area contributed by atoms with Crippen molar-refractivity contribution in [3.05, 3.63) is 51.6 Å². The first-order valence-electron chi connectivity index (χ1n) is 8.53. The van der Waals surface area contributed by atoms with E-state index in [4.69, 9.17) is 4.52 Å². The maximum absolute atomic E-state index is 13.8. The second-order valence-corrected chi connectivity index (χ2v) is 6.52. The lowest BCUT2D eigenvalue weighted by atomic mass is 10.1. The molecule has 0 aliphatic heterocycles. The second-order valence-electron chi connectivity index (χ2n) is 5.60. The van der Waals surface area contributed by atoms with E-state index in [2.05, 4.69) is 36.7 Å². The Morgan fingerprint density at radius 1 is 1.27 bits per heavy atom. The fourth-order valence-corrected chi connectivity index (χ4v) is 2.64. The topological polar surface area (TPSA) is 62.5 Å². The zero-order chi connectivity index (χ0) is 18.1. The summed E-state index contributed by atoms with van der Waals surface area (Å²) in [4.78, 5) is 4.49. The average molecular weight is 539 g/mol. The Kier molecular flexibility index (Phi) is 10.8. The number of guanidine groups is 1. The monoisotopic (exact) mass is 538 g/mol. The van der Waals surface area contributed by atoms with Crippen LogP contribution in [0.5, 0.6) is 0 Å². The molecule has 5 nitrogen and oxygen atoms in total. The van der Waals surface area contributed by atoms with E-state index in [1.54, 1.807) is 0 Å².